The van der Waals surface area contributed by atoms with Crippen LogP contribution in [0.2, 0.25) is 0 Å². The lowest BCUT2D eigenvalue weighted by Crippen LogP contribution is -2.33. The van der Waals surface area contributed by atoms with Crippen LogP contribution < -0.4 is 4.74 Å². The summed E-state index contributed by atoms with van der Waals surface area (Å²) in [6.07, 6.45) is 0.678. The molecule has 2 aromatic rings. The van der Waals surface area contributed by atoms with Crippen LogP contribution in [0.15, 0.2) is 52.5 Å². The third-order valence-electron chi connectivity index (χ3n) is 5.93. The van der Waals surface area contributed by atoms with Crippen molar-refractivity contribution in [1.29, 1.82) is 0 Å². The predicted octanol–water partition coefficient (Wildman–Crippen LogP) is 4.32. The molecule has 1 aliphatic rings. The molecular formula is C25H29BrN2O5. The van der Waals surface area contributed by atoms with Crippen molar-refractivity contribution in [1.82, 2.24) is 9.80 Å². The number of hydrogen-bond acceptors (Lipinski definition) is 6. The molecule has 33 heavy (non-hydrogen) atoms. The van der Waals surface area contributed by atoms with Crippen molar-refractivity contribution >= 4 is 33.4 Å². The minimum Gasteiger partial charge on any atom is -0.507 e. The van der Waals surface area contributed by atoms with Gasteiger partial charge in [-0.05, 0) is 62.0 Å². The number of carbonyl (C=O) groups is 2. The van der Waals surface area contributed by atoms with Crippen LogP contribution in [0, 0.1) is 0 Å². The van der Waals surface area contributed by atoms with Crippen LogP contribution in [0.3, 0.4) is 0 Å². The molecule has 0 radical (unpaired) electrons. The smallest absolute Gasteiger partial charge is 0.295 e. The van der Waals surface area contributed by atoms with Crippen molar-refractivity contribution in [2.24, 2.45) is 0 Å². The van der Waals surface area contributed by atoms with Crippen molar-refractivity contribution in [3.63, 3.8) is 0 Å². The van der Waals surface area contributed by atoms with Gasteiger partial charge in [-0.1, -0.05) is 41.9 Å². The molecule has 7 nitrogen and oxygen atoms in total. The van der Waals surface area contributed by atoms with Gasteiger partial charge in [0.1, 0.15) is 17.3 Å². The largest absolute Gasteiger partial charge is 0.507 e. The molecule has 1 fully saturated rings. The number of ketones is 1. The summed E-state index contributed by atoms with van der Waals surface area (Å²) in [6.45, 7) is 7.10. The number of ether oxygens (including phenoxy) is 1. The molecule has 2 N–H and O–H groups in total. The Morgan fingerprint density at radius 3 is 2.55 bits per heavy atom. The molecule has 3 rings (SSSR count). The first-order valence-corrected chi connectivity index (χ1v) is 11.7. The van der Waals surface area contributed by atoms with Gasteiger partial charge in [-0.2, -0.15) is 0 Å². The number of aliphatic hydroxyl groups is 1. The number of rotatable bonds is 9. The highest BCUT2D eigenvalue weighted by Crippen LogP contribution is 2.42. The van der Waals surface area contributed by atoms with E-state index < -0.39 is 23.5 Å². The van der Waals surface area contributed by atoms with Gasteiger partial charge in [0.05, 0.1) is 24.3 Å². The Hall–Kier alpha value is -2.84. The highest BCUT2D eigenvalue weighted by atomic mass is 79.9. The highest BCUT2D eigenvalue weighted by molar-refractivity contribution is 9.10. The topological polar surface area (TPSA) is 90.3 Å². The van der Waals surface area contributed by atoms with E-state index in [0.29, 0.717) is 28.8 Å². The van der Waals surface area contributed by atoms with Gasteiger partial charge in [0.25, 0.3) is 11.7 Å². The fourth-order valence-corrected chi connectivity index (χ4v) is 4.48. The summed E-state index contributed by atoms with van der Waals surface area (Å²) < 4.78 is 5.96. The molecule has 1 atom stereocenters. The van der Waals surface area contributed by atoms with Crippen molar-refractivity contribution in [3.05, 3.63) is 63.6 Å². The van der Waals surface area contributed by atoms with Crippen LogP contribution in [0.4, 0.5) is 0 Å². The number of amides is 1. The minimum atomic E-state index is -0.796. The summed E-state index contributed by atoms with van der Waals surface area (Å²) in [6, 6.07) is 10.9. The molecule has 1 aliphatic heterocycles. The van der Waals surface area contributed by atoms with E-state index in [4.69, 9.17) is 4.74 Å². The fraction of sp³-hybridized carbons (Fsp3) is 0.360. The molecule has 0 aromatic heterocycles. The van der Waals surface area contributed by atoms with Gasteiger partial charge in [0.15, 0.2) is 0 Å². The number of Topliss-reactive ketones (excluding diaryl/α,β-unsaturated/α-hetero) is 1. The number of methoxy groups -OCH3 is 1. The van der Waals surface area contributed by atoms with Crippen LogP contribution in [-0.2, 0) is 9.59 Å². The second-order valence-corrected chi connectivity index (χ2v) is 8.73. The number of aliphatic hydroxyl groups excluding tert-OH is 1. The van der Waals surface area contributed by atoms with Gasteiger partial charge in [-0.25, -0.2) is 0 Å². The Bertz CT molecular complexity index is 1060. The number of carbonyl (C=O) groups excluding carboxylic acids is 2. The van der Waals surface area contributed by atoms with E-state index in [2.05, 4.69) is 34.7 Å². The number of phenolic OH excluding ortho intramolecular Hbond substituents is 1. The van der Waals surface area contributed by atoms with E-state index >= 15 is 0 Å². The Morgan fingerprint density at radius 2 is 1.88 bits per heavy atom. The zero-order valence-electron chi connectivity index (χ0n) is 19.0. The number of halogens is 1. The number of likely N-dealkylation sites (tertiary alicyclic amines) is 1. The van der Waals surface area contributed by atoms with Crippen molar-refractivity contribution in [2.45, 2.75) is 26.3 Å². The first-order chi connectivity index (χ1) is 15.8. The second kappa shape index (κ2) is 10.9. The normalized spacial score (nSPS) is 17.7. The first-order valence-electron chi connectivity index (χ1n) is 11.0. The molecule has 0 saturated carbocycles. The molecule has 0 unspecified atom stereocenters. The molecule has 1 saturated heterocycles. The van der Waals surface area contributed by atoms with Gasteiger partial charge in [-0.3, -0.25) is 9.59 Å². The zero-order valence-corrected chi connectivity index (χ0v) is 20.6. The van der Waals surface area contributed by atoms with Crippen LogP contribution in [-0.4, -0.2) is 65.0 Å². The number of phenols is 1. The summed E-state index contributed by atoms with van der Waals surface area (Å²) in [5, 5.41) is 21.5. The molecule has 0 spiro atoms. The Morgan fingerprint density at radius 1 is 1.15 bits per heavy atom. The second-order valence-electron chi connectivity index (χ2n) is 7.81. The SMILES string of the molecule is CCN(CC)CCCN1C(=O)C(=O)C(=C(O)c2cc(Br)ccc2O)[C@H]1c1cccc(OC)c1. The molecule has 0 bridgehead atoms. The van der Waals surface area contributed by atoms with Gasteiger partial charge in [-0.15, -0.1) is 0 Å². The standard InChI is InChI=1S/C25H29BrN2O5/c1-4-27(5-2)12-7-13-28-22(16-8-6-9-18(14-16)33-3)21(24(31)25(28)32)23(30)19-15-17(26)10-11-20(19)29/h6,8-11,14-15,22,29-30H,4-5,7,12-13H2,1-3H3/t22-/m1/s1. The minimum absolute atomic E-state index is 0.0514. The Balaban J connectivity index is 2.09. The molecule has 176 valence electrons. The molecule has 1 heterocycles. The maximum atomic E-state index is 13.1. The van der Waals surface area contributed by atoms with E-state index in [1.165, 1.54) is 17.0 Å². The van der Waals surface area contributed by atoms with E-state index in [1.807, 2.05) is 0 Å². The lowest BCUT2D eigenvalue weighted by atomic mass is 9.95. The summed E-state index contributed by atoms with van der Waals surface area (Å²) in [5.74, 6) is -1.47. The Kier molecular flexibility index (Phi) is 8.15. The quantitative estimate of drug-likeness (QED) is 0.293. The third kappa shape index (κ3) is 5.23. The van der Waals surface area contributed by atoms with Gasteiger partial charge in [0.2, 0.25) is 0 Å². The lowest BCUT2D eigenvalue weighted by Gasteiger charge is -2.27. The van der Waals surface area contributed by atoms with Gasteiger partial charge >= 0.3 is 0 Å². The maximum Gasteiger partial charge on any atom is 0.295 e. The molecule has 2 aromatic carbocycles. The average molecular weight is 517 g/mol. The van der Waals surface area contributed by atoms with Gasteiger partial charge in [0, 0.05) is 11.0 Å². The van der Waals surface area contributed by atoms with Crippen molar-refractivity contribution in [2.75, 3.05) is 33.3 Å². The van der Waals surface area contributed by atoms with Crippen LogP contribution in [0.1, 0.15) is 37.4 Å². The lowest BCUT2D eigenvalue weighted by molar-refractivity contribution is -0.140. The maximum absolute atomic E-state index is 13.1. The number of hydrogen-bond donors (Lipinski definition) is 2. The fourth-order valence-electron chi connectivity index (χ4n) is 4.12. The first kappa shape index (κ1) is 24.8. The molecule has 8 heteroatoms. The van der Waals surface area contributed by atoms with Crippen molar-refractivity contribution in [3.8, 4) is 11.5 Å². The van der Waals surface area contributed by atoms with Crippen LogP contribution >= 0.6 is 15.9 Å². The van der Waals surface area contributed by atoms with E-state index in [9.17, 15) is 19.8 Å². The summed E-state index contributed by atoms with van der Waals surface area (Å²) >= 11 is 3.32. The van der Waals surface area contributed by atoms with Crippen molar-refractivity contribution < 1.29 is 24.5 Å². The number of nitrogens with zero attached hydrogens (tertiary/aromatic N) is 2. The van der Waals surface area contributed by atoms with E-state index in [-0.39, 0.29) is 16.9 Å². The average Bonchev–Trinajstić information content (AvgIpc) is 3.08. The highest BCUT2D eigenvalue weighted by Gasteiger charge is 2.46. The molecular weight excluding hydrogens is 488 g/mol. The summed E-state index contributed by atoms with van der Waals surface area (Å²) in [5.41, 5.74) is 0.676. The van der Waals surface area contributed by atoms with Gasteiger partial charge < -0.3 is 24.7 Å². The molecule has 1 amide bonds. The number of aromatic hydroxyl groups is 1. The van der Waals surface area contributed by atoms with Crippen LogP contribution in [0.25, 0.3) is 5.76 Å². The monoisotopic (exact) mass is 516 g/mol. The van der Waals surface area contributed by atoms with E-state index in [0.717, 1.165) is 19.6 Å². The predicted molar refractivity (Wildman–Crippen MR) is 130 cm³/mol. The summed E-state index contributed by atoms with van der Waals surface area (Å²) in [7, 11) is 1.54. The number of benzene rings is 2. The third-order valence-corrected chi connectivity index (χ3v) is 6.42. The zero-order chi connectivity index (χ0) is 24.1. The van der Waals surface area contributed by atoms with E-state index in [1.54, 1.807) is 37.4 Å². The summed E-state index contributed by atoms with van der Waals surface area (Å²) in [4.78, 5) is 29.9. The molecule has 0 aliphatic carbocycles. The van der Waals surface area contributed by atoms with Crippen LogP contribution in [0.5, 0.6) is 11.5 Å². The Labute approximate surface area is 202 Å².